The molecule has 3 rings (SSSR count). The largest absolute Gasteiger partial charge is 0.383 e. The standard InChI is InChI=1S/C19H26FN3O3/c1-26-12-11-22-9-3-7-19(17(22)24)8-4-10-23(19)18(25)21-14-15-5-2-6-16(20)13-15/h2,5-6,13H,3-4,7-12,14H2,1H3,(H,21,25). The van der Waals surface area contributed by atoms with E-state index in [0.717, 1.165) is 12.8 Å². The van der Waals surface area contributed by atoms with Crippen LogP contribution in [0.5, 0.6) is 0 Å². The SMILES string of the molecule is COCCN1CCCC2(CCCN2C(=O)NCc2cccc(F)c2)C1=O. The van der Waals surface area contributed by atoms with Gasteiger partial charge in [-0.25, -0.2) is 9.18 Å². The van der Waals surface area contributed by atoms with Gasteiger partial charge in [-0.2, -0.15) is 0 Å². The van der Waals surface area contributed by atoms with Crippen LogP contribution in [0.15, 0.2) is 24.3 Å². The highest BCUT2D eigenvalue weighted by atomic mass is 19.1. The van der Waals surface area contributed by atoms with Crippen molar-refractivity contribution in [3.05, 3.63) is 35.6 Å². The van der Waals surface area contributed by atoms with Crippen molar-refractivity contribution in [2.24, 2.45) is 0 Å². The van der Waals surface area contributed by atoms with Crippen LogP contribution in [0.3, 0.4) is 0 Å². The van der Waals surface area contributed by atoms with Gasteiger partial charge in [0.15, 0.2) is 0 Å². The third-order valence-corrected chi connectivity index (χ3v) is 5.34. The van der Waals surface area contributed by atoms with Gasteiger partial charge in [0, 0.05) is 33.3 Å². The van der Waals surface area contributed by atoms with Crippen molar-refractivity contribution >= 4 is 11.9 Å². The summed E-state index contributed by atoms with van der Waals surface area (Å²) in [6.07, 6.45) is 3.09. The average Bonchev–Trinajstić information content (AvgIpc) is 3.06. The Balaban J connectivity index is 1.68. The molecule has 2 aliphatic heterocycles. The van der Waals surface area contributed by atoms with Crippen molar-refractivity contribution < 1.29 is 18.7 Å². The van der Waals surface area contributed by atoms with Gasteiger partial charge < -0.3 is 19.9 Å². The fourth-order valence-corrected chi connectivity index (χ4v) is 4.06. The van der Waals surface area contributed by atoms with Crippen LogP contribution in [0, 0.1) is 5.82 Å². The number of hydrogen-bond acceptors (Lipinski definition) is 3. The lowest BCUT2D eigenvalue weighted by molar-refractivity contribution is -0.146. The van der Waals surface area contributed by atoms with E-state index in [1.54, 1.807) is 24.1 Å². The lowest BCUT2D eigenvalue weighted by atomic mass is 9.85. The first kappa shape index (κ1) is 18.6. The summed E-state index contributed by atoms with van der Waals surface area (Å²) in [5, 5.41) is 2.84. The number of rotatable bonds is 5. The van der Waals surface area contributed by atoms with Crippen molar-refractivity contribution in [2.75, 3.05) is 33.4 Å². The first-order chi connectivity index (χ1) is 12.6. The van der Waals surface area contributed by atoms with Crippen LogP contribution in [0.4, 0.5) is 9.18 Å². The summed E-state index contributed by atoms with van der Waals surface area (Å²) >= 11 is 0. The lowest BCUT2D eigenvalue weighted by Crippen LogP contribution is -2.63. The van der Waals surface area contributed by atoms with E-state index in [2.05, 4.69) is 5.32 Å². The molecule has 2 aliphatic rings. The van der Waals surface area contributed by atoms with Crippen LogP contribution in [-0.4, -0.2) is 60.6 Å². The number of urea groups is 1. The Morgan fingerprint density at radius 1 is 1.31 bits per heavy atom. The first-order valence-corrected chi connectivity index (χ1v) is 9.15. The maximum atomic E-state index is 13.3. The van der Waals surface area contributed by atoms with Gasteiger partial charge in [-0.05, 0) is 43.4 Å². The van der Waals surface area contributed by atoms with E-state index in [4.69, 9.17) is 4.74 Å². The molecule has 2 saturated heterocycles. The molecule has 142 valence electrons. The minimum Gasteiger partial charge on any atom is -0.383 e. The van der Waals surface area contributed by atoms with Crippen LogP contribution < -0.4 is 5.32 Å². The molecule has 2 fully saturated rings. The van der Waals surface area contributed by atoms with E-state index in [9.17, 15) is 14.0 Å². The zero-order chi connectivity index (χ0) is 18.6. The zero-order valence-corrected chi connectivity index (χ0v) is 15.2. The number of nitrogens with zero attached hydrogens (tertiary/aromatic N) is 2. The molecule has 26 heavy (non-hydrogen) atoms. The molecule has 1 aromatic rings. The van der Waals surface area contributed by atoms with E-state index in [0.29, 0.717) is 44.6 Å². The minimum absolute atomic E-state index is 0.0270. The number of piperidine rings is 1. The molecule has 0 saturated carbocycles. The fourth-order valence-electron chi connectivity index (χ4n) is 4.06. The van der Waals surface area contributed by atoms with Gasteiger partial charge in [-0.15, -0.1) is 0 Å². The molecule has 0 radical (unpaired) electrons. The Morgan fingerprint density at radius 2 is 2.08 bits per heavy atom. The fraction of sp³-hybridized carbons (Fsp3) is 0.579. The first-order valence-electron chi connectivity index (χ1n) is 9.15. The molecule has 1 unspecified atom stereocenters. The zero-order valence-electron chi connectivity index (χ0n) is 15.2. The molecule has 0 aromatic heterocycles. The highest BCUT2D eigenvalue weighted by Gasteiger charge is 2.52. The number of halogens is 1. The maximum absolute atomic E-state index is 13.3. The molecule has 0 bridgehead atoms. The summed E-state index contributed by atoms with van der Waals surface area (Å²) in [5.41, 5.74) is -0.0406. The van der Waals surface area contributed by atoms with Crippen LogP contribution in [0.2, 0.25) is 0 Å². The smallest absolute Gasteiger partial charge is 0.318 e. The van der Waals surface area contributed by atoms with Crippen LogP contribution in [-0.2, 0) is 16.1 Å². The third kappa shape index (κ3) is 3.67. The predicted molar refractivity (Wildman–Crippen MR) is 95.0 cm³/mol. The number of likely N-dealkylation sites (tertiary alicyclic amines) is 2. The molecule has 2 heterocycles. The summed E-state index contributed by atoms with van der Waals surface area (Å²) in [7, 11) is 1.62. The highest BCUT2D eigenvalue weighted by Crippen LogP contribution is 2.38. The quantitative estimate of drug-likeness (QED) is 0.872. The molecule has 1 spiro atoms. The van der Waals surface area contributed by atoms with Crippen LogP contribution in [0.1, 0.15) is 31.2 Å². The van der Waals surface area contributed by atoms with Gasteiger partial charge in [0.25, 0.3) is 0 Å². The normalized spacial score (nSPS) is 22.9. The molecule has 1 N–H and O–H groups in total. The molecular formula is C19H26FN3O3. The van der Waals surface area contributed by atoms with Gasteiger partial charge in [0.05, 0.1) is 6.61 Å². The molecular weight excluding hydrogens is 337 g/mol. The summed E-state index contributed by atoms with van der Waals surface area (Å²) in [5.74, 6) is -0.301. The molecule has 0 aliphatic carbocycles. The second-order valence-corrected chi connectivity index (χ2v) is 6.96. The lowest BCUT2D eigenvalue weighted by Gasteiger charge is -2.44. The average molecular weight is 363 g/mol. The highest BCUT2D eigenvalue weighted by molar-refractivity contribution is 5.92. The summed E-state index contributed by atoms with van der Waals surface area (Å²) in [6.45, 7) is 2.57. The van der Waals surface area contributed by atoms with Gasteiger partial charge in [0.1, 0.15) is 11.4 Å². The molecule has 6 nitrogen and oxygen atoms in total. The Bertz CT molecular complexity index is 669. The molecule has 1 aromatic carbocycles. The van der Waals surface area contributed by atoms with Gasteiger partial charge >= 0.3 is 6.03 Å². The van der Waals surface area contributed by atoms with Crippen molar-refractivity contribution in [1.29, 1.82) is 0 Å². The van der Waals surface area contributed by atoms with Crippen molar-refractivity contribution in [3.8, 4) is 0 Å². The molecule has 3 amide bonds. The van der Waals surface area contributed by atoms with E-state index in [-0.39, 0.29) is 24.3 Å². The van der Waals surface area contributed by atoms with Crippen molar-refractivity contribution in [3.63, 3.8) is 0 Å². The summed E-state index contributed by atoms with van der Waals surface area (Å²) < 4.78 is 18.4. The Hall–Kier alpha value is -2.15. The third-order valence-electron chi connectivity index (χ3n) is 5.34. The summed E-state index contributed by atoms with van der Waals surface area (Å²) in [6, 6.07) is 5.90. The van der Waals surface area contributed by atoms with Crippen LogP contribution in [0.25, 0.3) is 0 Å². The van der Waals surface area contributed by atoms with Crippen molar-refractivity contribution in [2.45, 2.75) is 37.8 Å². The number of carbonyl (C=O) groups is 2. The minimum atomic E-state index is -0.738. The number of amides is 3. The van der Waals surface area contributed by atoms with E-state index >= 15 is 0 Å². The Kier molecular flexibility index (Phi) is 5.76. The van der Waals surface area contributed by atoms with Crippen molar-refractivity contribution in [1.82, 2.24) is 15.1 Å². The Labute approximate surface area is 153 Å². The van der Waals surface area contributed by atoms with Gasteiger partial charge in [-0.1, -0.05) is 12.1 Å². The van der Waals surface area contributed by atoms with Crippen LogP contribution >= 0.6 is 0 Å². The number of hydrogen-bond donors (Lipinski definition) is 1. The number of methoxy groups -OCH3 is 1. The van der Waals surface area contributed by atoms with Gasteiger partial charge in [-0.3, -0.25) is 4.79 Å². The maximum Gasteiger partial charge on any atom is 0.318 e. The number of ether oxygens (including phenoxy) is 1. The number of carbonyl (C=O) groups excluding carboxylic acids is 2. The Morgan fingerprint density at radius 3 is 2.81 bits per heavy atom. The van der Waals surface area contributed by atoms with E-state index < -0.39 is 5.54 Å². The second-order valence-electron chi connectivity index (χ2n) is 6.96. The molecule has 7 heteroatoms. The van der Waals surface area contributed by atoms with E-state index in [1.807, 2.05) is 4.90 Å². The summed E-state index contributed by atoms with van der Waals surface area (Å²) in [4.78, 5) is 29.4. The second kappa shape index (κ2) is 8.03. The number of benzene rings is 1. The van der Waals surface area contributed by atoms with E-state index in [1.165, 1.54) is 12.1 Å². The topological polar surface area (TPSA) is 61.9 Å². The monoisotopic (exact) mass is 363 g/mol. The molecule has 1 atom stereocenters. The van der Waals surface area contributed by atoms with Gasteiger partial charge in [0.2, 0.25) is 5.91 Å². The predicted octanol–water partition coefficient (Wildman–Crippen LogP) is 2.14. The number of nitrogens with one attached hydrogen (secondary N) is 1.